The summed E-state index contributed by atoms with van der Waals surface area (Å²) >= 11 is 5.96. The van der Waals surface area contributed by atoms with Crippen LogP contribution in [0.2, 0.25) is 5.02 Å². The van der Waals surface area contributed by atoms with E-state index in [1.54, 1.807) is 0 Å². The number of nitrogens with two attached hydrogens (primary N) is 1. The highest BCUT2D eigenvalue weighted by atomic mass is 35.5. The van der Waals surface area contributed by atoms with Gasteiger partial charge in [-0.2, -0.15) is 0 Å². The molecule has 2 saturated heterocycles. The molecule has 0 radical (unpaired) electrons. The molecule has 7 heteroatoms. The van der Waals surface area contributed by atoms with Crippen LogP contribution in [0.15, 0.2) is 29.3 Å². The van der Waals surface area contributed by atoms with Gasteiger partial charge in [-0.1, -0.05) is 11.6 Å². The van der Waals surface area contributed by atoms with Crippen LogP contribution >= 0.6 is 11.6 Å². The molecule has 0 bridgehead atoms. The summed E-state index contributed by atoms with van der Waals surface area (Å²) in [4.78, 5) is 9.03. The van der Waals surface area contributed by atoms with Gasteiger partial charge in [-0.3, -0.25) is 4.99 Å². The van der Waals surface area contributed by atoms with E-state index in [9.17, 15) is 0 Å². The van der Waals surface area contributed by atoms with E-state index in [1.807, 2.05) is 12.1 Å². The Balaban J connectivity index is 1.34. The van der Waals surface area contributed by atoms with Gasteiger partial charge in [0.2, 0.25) is 0 Å². The predicted octanol–water partition coefficient (Wildman–Crippen LogP) is 2.36. The van der Waals surface area contributed by atoms with E-state index in [4.69, 9.17) is 26.8 Å². The summed E-state index contributed by atoms with van der Waals surface area (Å²) in [6.45, 7) is 6.73. The molecule has 2 fully saturated rings. The highest BCUT2D eigenvalue weighted by Gasteiger charge is 2.18. The average Bonchev–Trinajstić information content (AvgIpc) is 2.69. The Morgan fingerprint density at radius 2 is 1.85 bits per heavy atom. The Morgan fingerprint density at radius 3 is 2.54 bits per heavy atom. The molecule has 1 aromatic carbocycles. The molecule has 0 aromatic heterocycles. The van der Waals surface area contributed by atoms with Gasteiger partial charge in [-0.05, 0) is 43.5 Å². The quantitative estimate of drug-likeness (QED) is 0.466. The number of hydrogen-bond acceptors (Lipinski definition) is 4. The zero-order valence-electron chi connectivity index (χ0n) is 15.3. The fourth-order valence-electron chi connectivity index (χ4n) is 3.30. The van der Waals surface area contributed by atoms with E-state index < -0.39 is 0 Å². The Hall–Kier alpha value is -1.50. The minimum absolute atomic E-state index is 0.353. The molecule has 2 aliphatic heterocycles. The number of anilines is 1. The van der Waals surface area contributed by atoms with E-state index in [0.717, 1.165) is 70.3 Å². The molecule has 0 saturated carbocycles. The molecule has 2 N–H and O–H groups in total. The van der Waals surface area contributed by atoms with Crippen molar-refractivity contribution in [1.82, 2.24) is 4.90 Å². The van der Waals surface area contributed by atoms with Gasteiger partial charge >= 0.3 is 0 Å². The maximum absolute atomic E-state index is 6.16. The third-order valence-electron chi connectivity index (χ3n) is 4.89. The lowest BCUT2D eigenvalue weighted by molar-refractivity contribution is -0.0318. The number of nitrogens with zero attached hydrogens (tertiary/aromatic N) is 3. The SMILES string of the molecule is NC(=NCCCOC1CCOCC1)N1CCN(c2ccc(Cl)cc2)CC1. The van der Waals surface area contributed by atoms with E-state index in [1.165, 1.54) is 5.69 Å². The minimum Gasteiger partial charge on any atom is -0.381 e. The molecule has 0 aliphatic carbocycles. The lowest BCUT2D eigenvalue weighted by Gasteiger charge is -2.36. The van der Waals surface area contributed by atoms with Crippen molar-refractivity contribution in [3.05, 3.63) is 29.3 Å². The second-order valence-corrected chi connectivity index (χ2v) is 7.16. The van der Waals surface area contributed by atoms with Gasteiger partial charge in [0.25, 0.3) is 0 Å². The largest absolute Gasteiger partial charge is 0.381 e. The normalized spacial score (nSPS) is 19.8. The summed E-state index contributed by atoms with van der Waals surface area (Å²) in [6, 6.07) is 7.99. The number of rotatable bonds is 6. The van der Waals surface area contributed by atoms with Crippen LogP contribution in [0.5, 0.6) is 0 Å². The maximum atomic E-state index is 6.16. The summed E-state index contributed by atoms with van der Waals surface area (Å²) in [5.41, 5.74) is 7.36. The molecule has 6 nitrogen and oxygen atoms in total. The molecule has 0 atom stereocenters. The van der Waals surface area contributed by atoms with Gasteiger partial charge < -0.3 is 25.0 Å². The van der Waals surface area contributed by atoms with E-state index >= 15 is 0 Å². The first kappa shape index (κ1) is 19.3. The second-order valence-electron chi connectivity index (χ2n) is 6.73. The lowest BCUT2D eigenvalue weighted by Crippen LogP contribution is -2.51. The lowest BCUT2D eigenvalue weighted by atomic mass is 10.1. The van der Waals surface area contributed by atoms with Crippen molar-refractivity contribution in [3.8, 4) is 0 Å². The fourth-order valence-corrected chi connectivity index (χ4v) is 3.42. The van der Waals surface area contributed by atoms with E-state index in [0.29, 0.717) is 18.6 Å². The Kier molecular flexibility index (Phi) is 7.41. The van der Waals surface area contributed by atoms with Crippen LogP contribution in [0.1, 0.15) is 19.3 Å². The summed E-state index contributed by atoms with van der Waals surface area (Å²) in [5.74, 6) is 0.645. The summed E-state index contributed by atoms with van der Waals surface area (Å²) in [6.07, 6.45) is 3.26. The van der Waals surface area contributed by atoms with Crippen molar-refractivity contribution in [1.29, 1.82) is 0 Å². The van der Waals surface area contributed by atoms with Gasteiger partial charge in [0.1, 0.15) is 0 Å². The van der Waals surface area contributed by atoms with Crippen molar-refractivity contribution in [2.75, 3.05) is 57.4 Å². The first-order valence-electron chi connectivity index (χ1n) is 9.47. The highest BCUT2D eigenvalue weighted by molar-refractivity contribution is 6.30. The maximum Gasteiger partial charge on any atom is 0.191 e. The molecule has 1 aromatic rings. The molecule has 2 heterocycles. The molecule has 0 unspecified atom stereocenters. The first-order valence-corrected chi connectivity index (χ1v) is 9.85. The minimum atomic E-state index is 0.353. The van der Waals surface area contributed by atoms with Crippen molar-refractivity contribution < 1.29 is 9.47 Å². The average molecular weight is 381 g/mol. The van der Waals surface area contributed by atoms with Crippen molar-refractivity contribution in [2.45, 2.75) is 25.4 Å². The molecule has 2 aliphatic rings. The number of hydrogen-bond donors (Lipinski definition) is 1. The number of piperazine rings is 1. The first-order chi connectivity index (χ1) is 12.7. The number of ether oxygens (including phenoxy) is 2. The monoisotopic (exact) mass is 380 g/mol. The Morgan fingerprint density at radius 1 is 1.15 bits per heavy atom. The Labute approximate surface area is 160 Å². The van der Waals surface area contributed by atoms with Crippen LogP contribution in [0.4, 0.5) is 5.69 Å². The third kappa shape index (κ3) is 5.76. The zero-order valence-corrected chi connectivity index (χ0v) is 16.0. The molecule has 0 spiro atoms. The molecule has 144 valence electrons. The van der Waals surface area contributed by atoms with Crippen LogP contribution < -0.4 is 10.6 Å². The highest BCUT2D eigenvalue weighted by Crippen LogP contribution is 2.19. The molecule has 26 heavy (non-hydrogen) atoms. The van der Waals surface area contributed by atoms with Gasteiger partial charge in [0, 0.05) is 63.3 Å². The molecule has 0 amide bonds. The van der Waals surface area contributed by atoms with Gasteiger partial charge in [-0.15, -0.1) is 0 Å². The van der Waals surface area contributed by atoms with Gasteiger partial charge in [0.15, 0.2) is 5.96 Å². The van der Waals surface area contributed by atoms with Gasteiger partial charge in [0.05, 0.1) is 6.10 Å². The van der Waals surface area contributed by atoms with Crippen molar-refractivity contribution in [3.63, 3.8) is 0 Å². The van der Waals surface area contributed by atoms with Gasteiger partial charge in [-0.25, -0.2) is 0 Å². The van der Waals surface area contributed by atoms with Crippen LogP contribution in [-0.2, 0) is 9.47 Å². The smallest absolute Gasteiger partial charge is 0.191 e. The van der Waals surface area contributed by atoms with Crippen molar-refractivity contribution >= 4 is 23.2 Å². The van der Waals surface area contributed by atoms with Crippen molar-refractivity contribution in [2.24, 2.45) is 10.7 Å². The zero-order chi connectivity index (χ0) is 18.2. The van der Waals surface area contributed by atoms with E-state index in [2.05, 4.69) is 26.9 Å². The van der Waals surface area contributed by atoms with Crippen LogP contribution in [0.3, 0.4) is 0 Å². The topological polar surface area (TPSA) is 63.3 Å². The number of benzene rings is 1. The predicted molar refractivity (Wildman–Crippen MR) is 106 cm³/mol. The number of halogens is 1. The fraction of sp³-hybridized carbons (Fsp3) is 0.632. The molecule has 3 rings (SSSR count). The van der Waals surface area contributed by atoms with Crippen LogP contribution in [0.25, 0.3) is 0 Å². The van der Waals surface area contributed by atoms with Crippen LogP contribution in [0, 0.1) is 0 Å². The Bertz CT molecular complexity index is 567. The number of aliphatic imine (C=N–C) groups is 1. The van der Waals surface area contributed by atoms with E-state index in [-0.39, 0.29) is 0 Å². The molecular weight excluding hydrogens is 352 g/mol. The van der Waals surface area contributed by atoms with Crippen LogP contribution in [-0.4, -0.2) is 69.5 Å². The summed E-state index contributed by atoms with van der Waals surface area (Å²) < 4.78 is 11.2. The summed E-state index contributed by atoms with van der Waals surface area (Å²) in [5, 5.41) is 0.768. The third-order valence-corrected chi connectivity index (χ3v) is 5.15. The standard InChI is InChI=1S/C19H29ClN4O2/c20-16-2-4-17(5-3-16)23-9-11-24(12-10-23)19(21)22-8-1-13-26-18-6-14-25-15-7-18/h2-5,18H,1,6-15H2,(H2,21,22). The second kappa shape index (κ2) is 10.00. The summed E-state index contributed by atoms with van der Waals surface area (Å²) in [7, 11) is 0. The number of guanidine groups is 1. The molecular formula is C19H29ClN4O2.